The molecule has 3 heterocycles. The van der Waals surface area contributed by atoms with Gasteiger partial charge in [-0.1, -0.05) is 0 Å². The van der Waals surface area contributed by atoms with Gasteiger partial charge in [0, 0.05) is 24.5 Å². The van der Waals surface area contributed by atoms with Crippen molar-refractivity contribution < 1.29 is 9.21 Å². The van der Waals surface area contributed by atoms with Crippen LogP contribution in [0.5, 0.6) is 0 Å². The van der Waals surface area contributed by atoms with Crippen molar-refractivity contribution in [1.82, 2.24) is 9.47 Å². The highest BCUT2D eigenvalue weighted by Gasteiger charge is 2.25. The number of hydrogen-bond donors (Lipinski definition) is 0. The lowest BCUT2D eigenvalue weighted by Gasteiger charge is -2.30. The highest BCUT2D eigenvalue weighted by Crippen LogP contribution is 2.21. The molecule has 2 aromatic heterocycles. The maximum absolute atomic E-state index is 12.3. The van der Waals surface area contributed by atoms with Crippen molar-refractivity contribution in [2.45, 2.75) is 26.8 Å². The fourth-order valence-electron chi connectivity index (χ4n) is 2.51. The third-order valence-electron chi connectivity index (χ3n) is 3.84. The van der Waals surface area contributed by atoms with Gasteiger partial charge >= 0.3 is 0 Å². The van der Waals surface area contributed by atoms with Gasteiger partial charge < -0.3 is 13.9 Å². The second kappa shape index (κ2) is 4.61. The number of aromatic nitrogens is 1. The van der Waals surface area contributed by atoms with Crippen LogP contribution >= 0.6 is 0 Å². The Bertz CT molecular complexity index is 592. The lowest BCUT2D eigenvalue weighted by molar-refractivity contribution is 0.0651. The van der Waals surface area contributed by atoms with Gasteiger partial charge in [0.15, 0.2) is 0 Å². The lowest BCUT2D eigenvalue weighted by atomic mass is 10.1. The lowest BCUT2D eigenvalue weighted by Crippen LogP contribution is -2.42. The highest BCUT2D eigenvalue weighted by molar-refractivity contribution is 5.96. The summed E-state index contributed by atoms with van der Waals surface area (Å²) in [7, 11) is 0. The first-order chi connectivity index (χ1) is 9.16. The highest BCUT2D eigenvalue weighted by atomic mass is 16.3. The van der Waals surface area contributed by atoms with Gasteiger partial charge in [-0.15, -0.1) is 0 Å². The SMILES string of the molecule is Cc1cc(C(=O)N2CCC2)c(C)n1Cc1ccco1. The molecule has 0 aromatic carbocycles. The van der Waals surface area contributed by atoms with Crippen LogP contribution in [-0.4, -0.2) is 28.5 Å². The quantitative estimate of drug-likeness (QED) is 0.848. The van der Waals surface area contributed by atoms with E-state index < -0.39 is 0 Å². The zero-order valence-electron chi connectivity index (χ0n) is 11.3. The summed E-state index contributed by atoms with van der Waals surface area (Å²) in [6.45, 7) is 6.49. The van der Waals surface area contributed by atoms with Gasteiger partial charge in [-0.3, -0.25) is 4.79 Å². The molecule has 1 aliphatic rings. The van der Waals surface area contributed by atoms with E-state index in [2.05, 4.69) is 4.57 Å². The van der Waals surface area contributed by atoms with Crippen molar-refractivity contribution in [3.05, 3.63) is 47.2 Å². The fourth-order valence-corrected chi connectivity index (χ4v) is 2.51. The molecule has 19 heavy (non-hydrogen) atoms. The number of aryl methyl sites for hydroxylation is 1. The van der Waals surface area contributed by atoms with Crippen LogP contribution in [0.25, 0.3) is 0 Å². The second-order valence-electron chi connectivity index (χ2n) is 5.10. The van der Waals surface area contributed by atoms with Crippen LogP contribution in [0.15, 0.2) is 28.9 Å². The van der Waals surface area contributed by atoms with E-state index in [1.165, 1.54) is 0 Å². The molecule has 0 unspecified atom stereocenters. The number of carbonyl (C=O) groups is 1. The van der Waals surface area contributed by atoms with E-state index in [1.807, 2.05) is 36.9 Å². The summed E-state index contributed by atoms with van der Waals surface area (Å²) in [5.41, 5.74) is 2.94. The summed E-state index contributed by atoms with van der Waals surface area (Å²) >= 11 is 0. The smallest absolute Gasteiger partial charge is 0.255 e. The molecular formula is C15H18N2O2. The van der Waals surface area contributed by atoms with Crippen molar-refractivity contribution in [2.24, 2.45) is 0 Å². The molecule has 2 aromatic rings. The van der Waals surface area contributed by atoms with Gasteiger partial charge in [0.05, 0.1) is 18.4 Å². The Labute approximate surface area is 112 Å². The molecule has 1 saturated heterocycles. The molecule has 100 valence electrons. The zero-order chi connectivity index (χ0) is 13.4. The Morgan fingerprint density at radius 1 is 1.37 bits per heavy atom. The fraction of sp³-hybridized carbons (Fsp3) is 0.400. The number of hydrogen-bond acceptors (Lipinski definition) is 2. The molecule has 1 amide bonds. The van der Waals surface area contributed by atoms with Crippen molar-refractivity contribution in [3.8, 4) is 0 Å². The molecule has 4 heteroatoms. The summed E-state index contributed by atoms with van der Waals surface area (Å²) < 4.78 is 7.51. The molecule has 0 aliphatic carbocycles. The molecule has 0 spiro atoms. The number of furan rings is 1. The Kier molecular flexibility index (Phi) is 2.93. The maximum Gasteiger partial charge on any atom is 0.255 e. The largest absolute Gasteiger partial charge is 0.467 e. The summed E-state index contributed by atoms with van der Waals surface area (Å²) in [4.78, 5) is 14.2. The minimum Gasteiger partial charge on any atom is -0.467 e. The van der Waals surface area contributed by atoms with E-state index in [9.17, 15) is 4.79 Å². The van der Waals surface area contributed by atoms with Gasteiger partial charge in [-0.25, -0.2) is 0 Å². The molecule has 0 radical (unpaired) electrons. The van der Waals surface area contributed by atoms with Crippen LogP contribution in [0, 0.1) is 13.8 Å². The van der Waals surface area contributed by atoms with E-state index >= 15 is 0 Å². The molecule has 0 saturated carbocycles. The van der Waals surface area contributed by atoms with E-state index in [0.717, 1.165) is 42.2 Å². The minimum absolute atomic E-state index is 0.157. The topological polar surface area (TPSA) is 38.4 Å². The van der Waals surface area contributed by atoms with Crippen molar-refractivity contribution >= 4 is 5.91 Å². The van der Waals surface area contributed by atoms with E-state index in [4.69, 9.17) is 4.42 Å². The Morgan fingerprint density at radius 2 is 2.16 bits per heavy atom. The third-order valence-corrected chi connectivity index (χ3v) is 3.84. The Balaban J connectivity index is 1.89. The summed E-state index contributed by atoms with van der Waals surface area (Å²) in [6, 6.07) is 5.82. The number of nitrogens with zero attached hydrogens (tertiary/aromatic N) is 2. The molecule has 4 nitrogen and oxygen atoms in total. The predicted octanol–water partition coefficient (Wildman–Crippen LogP) is 2.59. The van der Waals surface area contributed by atoms with E-state index in [0.29, 0.717) is 6.54 Å². The summed E-state index contributed by atoms with van der Waals surface area (Å²) in [5.74, 6) is 1.06. The van der Waals surface area contributed by atoms with Crippen LogP contribution in [0.3, 0.4) is 0 Å². The van der Waals surface area contributed by atoms with Crippen LogP contribution in [0.4, 0.5) is 0 Å². The minimum atomic E-state index is 0.157. The summed E-state index contributed by atoms with van der Waals surface area (Å²) in [5, 5.41) is 0. The van der Waals surface area contributed by atoms with Crippen LogP contribution in [0.2, 0.25) is 0 Å². The third kappa shape index (κ3) is 2.07. The molecule has 1 fully saturated rings. The van der Waals surface area contributed by atoms with Gasteiger partial charge in [0.1, 0.15) is 5.76 Å². The van der Waals surface area contributed by atoms with E-state index in [-0.39, 0.29) is 5.91 Å². The molecule has 0 bridgehead atoms. The summed E-state index contributed by atoms with van der Waals surface area (Å²) in [6.07, 6.45) is 2.80. The molecule has 0 atom stereocenters. The Morgan fingerprint density at radius 3 is 2.74 bits per heavy atom. The number of rotatable bonds is 3. The average Bonchev–Trinajstić information content (AvgIpc) is 2.90. The van der Waals surface area contributed by atoms with Crippen LogP contribution < -0.4 is 0 Å². The van der Waals surface area contributed by atoms with Crippen molar-refractivity contribution in [2.75, 3.05) is 13.1 Å². The van der Waals surface area contributed by atoms with Crippen molar-refractivity contribution in [3.63, 3.8) is 0 Å². The number of carbonyl (C=O) groups excluding carboxylic acids is 1. The molecular weight excluding hydrogens is 240 g/mol. The van der Waals surface area contributed by atoms with Gasteiger partial charge in [0.2, 0.25) is 0 Å². The van der Waals surface area contributed by atoms with Gasteiger partial charge in [0.25, 0.3) is 5.91 Å². The average molecular weight is 258 g/mol. The second-order valence-corrected chi connectivity index (χ2v) is 5.10. The standard InChI is InChI=1S/C15H18N2O2/c1-11-9-14(15(18)16-6-4-7-16)12(2)17(11)10-13-5-3-8-19-13/h3,5,8-9H,4,6-7,10H2,1-2H3. The number of amides is 1. The van der Waals surface area contributed by atoms with Crippen LogP contribution in [-0.2, 0) is 6.54 Å². The molecule has 0 N–H and O–H groups in total. The molecule has 3 rings (SSSR count). The number of likely N-dealkylation sites (tertiary alicyclic amines) is 1. The van der Waals surface area contributed by atoms with Crippen molar-refractivity contribution in [1.29, 1.82) is 0 Å². The zero-order valence-corrected chi connectivity index (χ0v) is 11.3. The van der Waals surface area contributed by atoms with Gasteiger partial charge in [-0.05, 0) is 38.5 Å². The first-order valence-electron chi connectivity index (χ1n) is 6.65. The Hall–Kier alpha value is -1.97. The van der Waals surface area contributed by atoms with E-state index in [1.54, 1.807) is 6.26 Å². The monoisotopic (exact) mass is 258 g/mol. The first-order valence-corrected chi connectivity index (χ1v) is 6.65. The normalized spacial score (nSPS) is 14.5. The van der Waals surface area contributed by atoms with Crippen LogP contribution in [0.1, 0.15) is 33.9 Å². The maximum atomic E-state index is 12.3. The molecule has 1 aliphatic heterocycles. The first kappa shape index (κ1) is 12.1. The van der Waals surface area contributed by atoms with Gasteiger partial charge in [-0.2, -0.15) is 0 Å². The predicted molar refractivity (Wildman–Crippen MR) is 72.2 cm³/mol.